The maximum Gasteiger partial charge on any atom is 0.317 e. The Balaban J connectivity index is 1.87. The van der Waals surface area contributed by atoms with E-state index in [-0.39, 0.29) is 32.6 Å². The van der Waals surface area contributed by atoms with Crippen molar-refractivity contribution < 1.29 is 63.7 Å². The van der Waals surface area contributed by atoms with Crippen LogP contribution in [-0.4, -0.2) is 150 Å². The largest absolute Gasteiger partial charge is 0.504 e. The Morgan fingerprint density at radius 2 is 1.24 bits per heavy atom. The van der Waals surface area contributed by atoms with Gasteiger partial charge >= 0.3 is 23.9 Å². The number of carbonyl (C=O) groups is 5. The molecule has 18 nitrogen and oxygen atoms in total. The highest BCUT2D eigenvalue weighted by atomic mass is 16.5. The van der Waals surface area contributed by atoms with Crippen molar-refractivity contribution in [1.29, 1.82) is 0 Å². The lowest BCUT2D eigenvalue weighted by Gasteiger charge is -2.28. The van der Waals surface area contributed by atoms with E-state index in [4.69, 9.17) is 24.4 Å². The van der Waals surface area contributed by atoms with Crippen molar-refractivity contribution in [2.75, 3.05) is 80.2 Å². The van der Waals surface area contributed by atoms with Crippen LogP contribution in [0.1, 0.15) is 23.6 Å². The molecular formula is C33H42N4O14. The van der Waals surface area contributed by atoms with E-state index in [1.165, 1.54) is 49.3 Å². The number of nitrogens with zero attached hydrogens (tertiary/aromatic N) is 3. The molecule has 3 rings (SSSR count). The van der Waals surface area contributed by atoms with Gasteiger partial charge in [0.15, 0.2) is 17.2 Å². The number of methoxy groups -OCH3 is 3. The third-order valence-corrected chi connectivity index (χ3v) is 8.12. The zero-order valence-electron chi connectivity index (χ0n) is 28.4. The van der Waals surface area contributed by atoms with Crippen molar-refractivity contribution >= 4 is 29.8 Å². The number of nitrogens with one attached hydrogen (secondary N) is 1. The molecule has 2 aromatic carbocycles. The zero-order chi connectivity index (χ0) is 37.8. The number of aromatic hydroxyl groups is 1. The van der Waals surface area contributed by atoms with Gasteiger partial charge in [0.25, 0.3) is 0 Å². The van der Waals surface area contributed by atoms with Gasteiger partial charge in [-0.2, -0.15) is 0 Å². The summed E-state index contributed by atoms with van der Waals surface area (Å²) in [4.78, 5) is 75.7. The predicted molar refractivity (Wildman–Crippen MR) is 179 cm³/mol. The van der Waals surface area contributed by atoms with Gasteiger partial charge in [-0.05, 0) is 47.7 Å². The number of rotatable bonds is 20. The highest BCUT2D eigenvalue weighted by molar-refractivity contribution is 5.84. The van der Waals surface area contributed by atoms with Crippen LogP contribution in [0.25, 0.3) is 11.1 Å². The average Bonchev–Trinajstić information content (AvgIpc) is 3.28. The Morgan fingerprint density at radius 3 is 1.75 bits per heavy atom. The summed E-state index contributed by atoms with van der Waals surface area (Å²) >= 11 is 0. The van der Waals surface area contributed by atoms with Crippen LogP contribution in [0.5, 0.6) is 23.0 Å². The highest BCUT2D eigenvalue weighted by Gasteiger charge is 2.30. The van der Waals surface area contributed by atoms with E-state index in [2.05, 4.69) is 5.32 Å². The molecule has 1 aliphatic rings. The molecule has 6 N–H and O–H groups in total. The number of fused-ring (bicyclic) bond motifs is 3. The first-order valence-corrected chi connectivity index (χ1v) is 15.7. The second-order valence-electron chi connectivity index (χ2n) is 11.7. The maximum absolute atomic E-state index is 13.5. The van der Waals surface area contributed by atoms with Crippen LogP contribution in [-0.2, 0) is 30.4 Å². The molecule has 0 aromatic heterocycles. The molecule has 278 valence electrons. The minimum Gasteiger partial charge on any atom is -0.504 e. The molecule has 1 atom stereocenters. The quantitative estimate of drug-likeness (QED) is 0.104. The minimum absolute atomic E-state index is 0.0550. The van der Waals surface area contributed by atoms with Gasteiger partial charge in [-0.1, -0.05) is 6.07 Å². The standard InChI is InChI=1S/C33H42N4O14/c1-49-25-12-19-4-6-22(21-13-24(39)23(38)7-5-20(21)31(19)33(51-3)32(25)50-2)34-26(40)14-36(16-28(43)44)10-8-35(15-27(41)42)9-11-37(17-29(45)46)18-30(47)48/h5,7,12-13,22H,4,6,8-11,14-18H2,1-3H3,(H,34,40)(H,38,39)(H,41,42)(H,43,44)(H,45,46)(H,47,48)/t22-/m0/s1. The van der Waals surface area contributed by atoms with Gasteiger partial charge in [-0.3, -0.25) is 43.5 Å². The van der Waals surface area contributed by atoms with Crippen LogP contribution < -0.4 is 25.0 Å². The SMILES string of the molecule is COc1cc2c(c(OC)c1OC)-c1ccc(O)c(=O)cc1[C@@H](NC(=O)CN(CCN(CCN(CC(=O)O)CC(=O)O)CC(=O)O)CC(=O)O)CC2. The van der Waals surface area contributed by atoms with Crippen molar-refractivity contribution in [2.45, 2.75) is 18.9 Å². The van der Waals surface area contributed by atoms with Crippen molar-refractivity contribution in [2.24, 2.45) is 0 Å². The molecule has 0 saturated heterocycles. The number of ether oxygens (including phenoxy) is 3. The van der Waals surface area contributed by atoms with Gasteiger partial charge in [0.1, 0.15) is 0 Å². The van der Waals surface area contributed by atoms with Crippen molar-refractivity contribution in [3.63, 3.8) is 0 Å². The van der Waals surface area contributed by atoms with E-state index in [0.717, 1.165) is 10.5 Å². The molecule has 0 fully saturated rings. The van der Waals surface area contributed by atoms with E-state index in [9.17, 15) is 44.1 Å². The second kappa shape index (κ2) is 18.5. The van der Waals surface area contributed by atoms with Crippen LogP contribution >= 0.6 is 0 Å². The molecule has 1 amide bonds. The predicted octanol–water partition coefficient (Wildman–Crippen LogP) is -0.207. The lowest BCUT2D eigenvalue weighted by molar-refractivity contribution is -0.143. The highest BCUT2D eigenvalue weighted by Crippen LogP contribution is 2.50. The average molecular weight is 719 g/mol. The number of hydrogen-bond donors (Lipinski definition) is 6. The zero-order valence-corrected chi connectivity index (χ0v) is 28.4. The fraction of sp³-hybridized carbons (Fsp3) is 0.455. The second-order valence-corrected chi connectivity index (χ2v) is 11.7. The Hall–Kier alpha value is -5.46. The topological polar surface area (TPSA) is 253 Å². The van der Waals surface area contributed by atoms with E-state index in [0.29, 0.717) is 40.4 Å². The fourth-order valence-electron chi connectivity index (χ4n) is 5.93. The third kappa shape index (κ3) is 11.3. The molecule has 0 unspecified atom stereocenters. The smallest absolute Gasteiger partial charge is 0.317 e. The van der Waals surface area contributed by atoms with Gasteiger partial charge in [-0.15, -0.1) is 0 Å². The summed E-state index contributed by atoms with van der Waals surface area (Å²) in [5.41, 5.74) is 1.44. The molecule has 0 spiro atoms. The number of carboxylic acid groups (broad SMARTS) is 4. The first-order chi connectivity index (χ1) is 24.2. The van der Waals surface area contributed by atoms with Gasteiger partial charge in [0.05, 0.1) is 60.1 Å². The molecule has 2 aromatic rings. The van der Waals surface area contributed by atoms with E-state index in [1.54, 1.807) is 6.07 Å². The molecule has 0 aliphatic heterocycles. The lowest BCUT2D eigenvalue weighted by Crippen LogP contribution is -2.46. The normalized spacial score (nSPS) is 13.6. The number of benzene rings is 1. The van der Waals surface area contributed by atoms with Crippen molar-refractivity contribution in [1.82, 2.24) is 20.0 Å². The molecule has 51 heavy (non-hydrogen) atoms. The summed E-state index contributed by atoms with van der Waals surface area (Å²) < 4.78 is 16.8. The van der Waals surface area contributed by atoms with Gasteiger partial charge < -0.3 is 45.1 Å². The summed E-state index contributed by atoms with van der Waals surface area (Å²) in [6.45, 7) is -3.03. The Kier molecular flexibility index (Phi) is 14.5. The van der Waals surface area contributed by atoms with Gasteiger partial charge in [0, 0.05) is 31.7 Å². The lowest BCUT2D eigenvalue weighted by atomic mass is 9.95. The minimum atomic E-state index is -1.27. The number of carboxylic acids is 4. The summed E-state index contributed by atoms with van der Waals surface area (Å²) in [6.07, 6.45) is 0.655. The Labute approximate surface area is 292 Å². The summed E-state index contributed by atoms with van der Waals surface area (Å²) in [5.74, 6) is -5.16. The molecule has 18 heteroatoms. The van der Waals surface area contributed by atoms with Crippen molar-refractivity contribution in [3.8, 4) is 34.1 Å². The molecular weight excluding hydrogens is 676 g/mol. The van der Waals surface area contributed by atoms with E-state index in [1.807, 2.05) is 0 Å². The number of carbonyl (C=O) groups excluding carboxylic acids is 1. The molecule has 1 aliphatic carbocycles. The number of hydrogen-bond acceptors (Lipinski definition) is 13. The first-order valence-electron chi connectivity index (χ1n) is 15.7. The maximum atomic E-state index is 13.5. The van der Waals surface area contributed by atoms with Crippen molar-refractivity contribution in [3.05, 3.63) is 45.6 Å². The summed E-state index contributed by atoms with van der Waals surface area (Å²) in [5, 5.41) is 50.4. The monoisotopic (exact) mass is 718 g/mol. The third-order valence-electron chi connectivity index (χ3n) is 8.12. The van der Waals surface area contributed by atoms with Crippen LogP contribution in [0.4, 0.5) is 0 Å². The molecule has 0 heterocycles. The van der Waals surface area contributed by atoms with E-state index < -0.39 is 79.7 Å². The van der Waals surface area contributed by atoms with E-state index >= 15 is 0 Å². The Morgan fingerprint density at radius 1 is 0.725 bits per heavy atom. The molecule has 0 radical (unpaired) electrons. The van der Waals surface area contributed by atoms with Gasteiger partial charge in [-0.25, -0.2) is 0 Å². The number of aryl methyl sites for hydroxylation is 1. The van der Waals surface area contributed by atoms with Crippen LogP contribution in [0.15, 0.2) is 29.1 Å². The summed E-state index contributed by atoms with van der Waals surface area (Å²) in [6, 6.07) is 4.97. The molecule has 0 saturated carbocycles. The van der Waals surface area contributed by atoms with Crippen LogP contribution in [0.2, 0.25) is 0 Å². The molecule has 0 bridgehead atoms. The van der Waals surface area contributed by atoms with Crippen LogP contribution in [0, 0.1) is 0 Å². The van der Waals surface area contributed by atoms with Crippen LogP contribution in [0.3, 0.4) is 0 Å². The number of aliphatic carboxylic acids is 4. The summed E-state index contributed by atoms with van der Waals surface area (Å²) in [7, 11) is 4.35. The first kappa shape index (κ1) is 40.0. The Bertz CT molecular complexity index is 1670. The number of amides is 1. The fourth-order valence-corrected chi connectivity index (χ4v) is 5.93. The van der Waals surface area contributed by atoms with Gasteiger partial charge in [0.2, 0.25) is 17.1 Å².